The van der Waals surface area contributed by atoms with Crippen molar-refractivity contribution in [3.05, 3.63) is 76.1 Å². The van der Waals surface area contributed by atoms with Crippen molar-refractivity contribution in [3.63, 3.8) is 0 Å². The highest BCUT2D eigenvalue weighted by Crippen LogP contribution is 2.26. The van der Waals surface area contributed by atoms with Gasteiger partial charge in [0.05, 0.1) is 37.0 Å². The molecular formula is C32H35N5O7. The number of carbonyl (C=O) groups is 2. The monoisotopic (exact) mass is 601 g/mol. The van der Waals surface area contributed by atoms with Crippen LogP contribution in [-0.4, -0.2) is 70.8 Å². The van der Waals surface area contributed by atoms with Gasteiger partial charge in [-0.2, -0.15) is 0 Å². The minimum atomic E-state index is -1.10. The van der Waals surface area contributed by atoms with E-state index in [1.165, 1.54) is 6.92 Å². The molecular weight excluding hydrogens is 566 g/mol. The van der Waals surface area contributed by atoms with Crippen LogP contribution in [-0.2, 0) is 25.5 Å². The molecule has 230 valence electrons. The Morgan fingerprint density at radius 2 is 1.84 bits per heavy atom. The largest absolute Gasteiger partial charge is 0.511 e. The molecule has 1 aliphatic carbocycles. The number of hydrogen-bond acceptors (Lipinski definition) is 10. The van der Waals surface area contributed by atoms with E-state index in [0.717, 1.165) is 49.0 Å². The van der Waals surface area contributed by atoms with E-state index in [1.54, 1.807) is 41.2 Å². The fraction of sp³-hybridized carbons (Fsp3) is 0.406. The molecule has 2 fully saturated rings. The lowest BCUT2D eigenvalue weighted by Crippen LogP contribution is -2.37. The van der Waals surface area contributed by atoms with E-state index in [0.29, 0.717) is 55.0 Å². The van der Waals surface area contributed by atoms with Gasteiger partial charge in [-0.1, -0.05) is 35.9 Å². The quantitative estimate of drug-likeness (QED) is 0.224. The normalized spacial score (nSPS) is 16.4. The zero-order valence-corrected chi connectivity index (χ0v) is 24.6. The third kappa shape index (κ3) is 6.91. The first kappa shape index (κ1) is 29.4. The Morgan fingerprint density at radius 1 is 1.05 bits per heavy atom. The van der Waals surface area contributed by atoms with E-state index in [1.807, 2.05) is 18.2 Å². The summed E-state index contributed by atoms with van der Waals surface area (Å²) in [5, 5.41) is 9.24. The lowest BCUT2D eigenvalue weighted by Gasteiger charge is -2.28. The first-order chi connectivity index (χ1) is 21.4. The fourth-order valence-corrected chi connectivity index (χ4v) is 5.65. The van der Waals surface area contributed by atoms with Crippen LogP contribution in [0.2, 0.25) is 0 Å². The second-order valence-electron chi connectivity index (χ2n) is 11.1. The summed E-state index contributed by atoms with van der Waals surface area (Å²) in [6, 6.07) is 14.1. The summed E-state index contributed by atoms with van der Waals surface area (Å²) in [7, 11) is 0. The SMILES string of the molecule is CC(OC(=O)OC1CCCCC1)OC(=O)c1cccc(Cn2cc(-c3cccc4c(=O)cc(N5CCOCC5)[nH]c34)nn2)c1. The maximum absolute atomic E-state index is 13.0. The number of para-hydroxylation sites is 1. The van der Waals surface area contributed by atoms with Crippen LogP contribution in [0.25, 0.3) is 22.2 Å². The highest BCUT2D eigenvalue weighted by atomic mass is 16.8. The third-order valence-electron chi connectivity index (χ3n) is 7.87. The summed E-state index contributed by atoms with van der Waals surface area (Å²) >= 11 is 0. The average Bonchev–Trinajstić information content (AvgIpc) is 3.49. The highest BCUT2D eigenvalue weighted by molar-refractivity contribution is 5.93. The molecule has 1 saturated heterocycles. The third-order valence-corrected chi connectivity index (χ3v) is 7.87. The molecule has 0 bridgehead atoms. The molecule has 2 aromatic heterocycles. The number of H-pyrrole nitrogens is 1. The summed E-state index contributed by atoms with van der Waals surface area (Å²) in [6.07, 6.45) is 4.54. The Morgan fingerprint density at radius 3 is 2.66 bits per heavy atom. The molecule has 44 heavy (non-hydrogen) atoms. The van der Waals surface area contributed by atoms with Gasteiger partial charge in [0.2, 0.25) is 6.29 Å². The van der Waals surface area contributed by atoms with Crippen molar-refractivity contribution in [1.29, 1.82) is 0 Å². The first-order valence-electron chi connectivity index (χ1n) is 15.0. The van der Waals surface area contributed by atoms with E-state index in [2.05, 4.69) is 20.2 Å². The van der Waals surface area contributed by atoms with Crippen LogP contribution in [0.1, 0.15) is 54.9 Å². The second kappa shape index (κ2) is 13.3. The number of anilines is 1. The van der Waals surface area contributed by atoms with Gasteiger partial charge in [-0.15, -0.1) is 5.10 Å². The van der Waals surface area contributed by atoms with Gasteiger partial charge in [0, 0.05) is 37.0 Å². The molecule has 1 N–H and O–H groups in total. The number of rotatable bonds is 8. The Labute approximate surface area is 253 Å². The fourth-order valence-electron chi connectivity index (χ4n) is 5.65. The number of benzene rings is 2. The molecule has 12 nitrogen and oxygen atoms in total. The minimum absolute atomic E-state index is 0.0704. The number of carbonyl (C=O) groups excluding carboxylic acids is 2. The first-order valence-corrected chi connectivity index (χ1v) is 15.0. The van der Waals surface area contributed by atoms with Crippen LogP contribution in [0.5, 0.6) is 0 Å². The van der Waals surface area contributed by atoms with Crippen LogP contribution >= 0.6 is 0 Å². The van der Waals surface area contributed by atoms with E-state index in [4.69, 9.17) is 18.9 Å². The van der Waals surface area contributed by atoms with Crippen molar-refractivity contribution in [2.45, 2.75) is 58.0 Å². The van der Waals surface area contributed by atoms with Crippen molar-refractivity contribution in [3.8, 4) is 11.3 Å². The molecule has 4 aromatic rings. The number of nitrogens with zero attached hydrogens (tertiary/aromatic N) is 4. The smallest absolute Gasteiger partial charge is 0.431 e. The van der Waals surface area contributed by atoms with Crippen LogP contribution in [0.15, 0.2) is 59.5 Å². The molecule has 1 unspecified atom stereocenters. The maximum atomic E-state index is 13.0. The van der Waals surface area contributed by atoms with Gasteiger partial charge in [-0.3, -0.25) is 4.79 Å². The van der Waals surface area contributed by atoms with E-state index < -0.39 is 18.4 Å². The summed E-state index contributed by atoms with van der Waals surface area (Å²) in [6.45, 7) is 4.43. The minimum Gasteiger partial charge on any atom is -0.431 e. The van der Waals surface area contributed by atoms with Gasteiger partial charge >= 0.3 is 12.1 Å². The molecule has 6 rings (SSSR count). The van der Waals surface area contributed by atoms with Gasteiger partial charge in [0.1, 0.15) is 17.6 Å². The van der Waals surface area contributed by atoms with E-state index >= 15 is 0 Å². The van der Waals surface area contributed by atoms with Gasteiger partial charge in [0.15, 0.2) is 5.43 Å². The number of esters is 1. The number of fused-ring (bicyclic) bond motifs is 1. The van der Waals surface area contributed by atoms with Crippen LogP contribution in [0, 0.1) is 0 Å². The van der Waals surface area contributed by atoms with Gasteiger partial charge < -0.3 is 28.8 Å². The Balaban J connectivity index is 1.12. The molecule has 2 aliphatic rings. The lowest BCUT2D eigenvalue weighted by molar-refractivity contribution is -0.0915. The average molecular weight is 602 g/mol. The molecule has 12 heteroatoms. The van der Waals surface area contributed by atoms with E-state index in [-0.39, 0.29) is 11.5 Å². The predicted molar refractivity (Wildman–Crippen MR) is 161 cm³/mol. The van der Waals surface area contributed by atoms with E-state index in [9.17, 15) is 14.4 Å². The van der Waals surface area contributed by atoms with Gasteiger partial charge in [0.25, 0.3) is 0 Å². The lowest BCUT2D eigenvalue weighted by atomic mass is 9.98. The summed E-state index contributed by atoms with van der Waals surface area (Å²) in [4.78, 5) is 43.4. The van der Waals surface area contributed by atoms with Crippen molar-refractivity contribution >= 4 is 28.8 Å². The molecule has 1 aliphatic heterocycles. The number of aromatic amines is 1. The molecule has 0 radical (unpaired) electrons. The summed E-state index contributed by atoms with van der Waals surface area (Å²) < 4.78 is 22.9. The van der Waals surface area contributed by atoms with Crippen molar-refractivity contribution in [2.24, 2.45) is 0 Å². The predicted octanol–water partition coefficient (Wildman–Crippen LogP) is 4.66. The number of nitrogens with one attached hydrogen (secondary N) is 1. The number of pyridine rings is 1. The second-order valence-corrected chi connectivity index (χ2v) is 11.1. The van der Waals surface area contributed by atoms with Crippen LogP contribution in [0.4, 0.5) is 10.6 Å². The standard InChI is InChI=1S/C32H35N5O7/c1-21(43-32(40)44-24-9-3-2-4-10-24)42-31(39)23-8-5-7-22(17-23)19-37-20-27(34-35-37)25-11-6-12-26-28(38)18-29(33-30(25)26)36-13-15-41-16-14-36/h5-8,11-12,17-18,20-21,24H,2-4,9-10,13-16,19H2,1H3,(H,33,38). The molecule has 1 atom stereocenters. The molecule has 3 heterocycles. The summed E-state index contributed by atoms with van der Waals surface area (Å²) in [5.74, 6) is 0.120. The zero-order valence-electron chi connectivity index (χ0n) is 24.6. The Hall–Kier alpha value is -4.71. The molecule has 1 saturated carbocycles. The zero-order chi connectivity index (χ0) is 30.5. The Kier molecular flexibility index (Phi) is 8.87. The van der Waals surface area contributed by atoms with Gasteiger partial charge in [-0.05, 0) is 49.4 Å². The summed E-state index contributed by atoms with van der Waals surface area (Å²) in [5.41, 5.74) is 3.08. The number of hydrogen-bond donors (Lipinski definition) is 1. The topological polar surface area (TPSA) is 138 Å². The van der Waals surface area contributed by atoms with Crippen molar-refractivity contribution in [1.82, 2.24) is 20.0 Å². The van der Waals surface area contributed by atoms with Crippen molar-refractivity contribution < 1.29 is 28.5 Å². The van der Waals surface area contributed by atoms with Crippen molar-refractivity contribution in [2.75, 3.05) is 31.2 Å². The highest BCUT2D eigenvalue weighted by Gasteiger charge is 2.22. The number of morpholine rings is 1. The molecule has 0 amide bonds. The number of aromatic nitrogens is 4. The van der Waals surface area contributed by atoms with Crippen LogP contribution < -0.4 is 10.3 Å². The number of ether oxygens (including phenoxy) is 4. The molecule has 0 spiro atoms. The Bertz CT molecular complexity index is 1690. The van der Waals surface area contributed by atoms with Crippen LogP contribution in [0.3, 0.4) is 0 Å². The molecule has 2 aromatic carbocycles. The maximum Gasteiger partial charge on any atom is 0.511 e. The van der Waals surface area contributed by atoms with Gasteiger partial charge in [-0.25, -0.2) is 14.3 Å².